The molecule has 0 amide bonds. The summed E-state index contributed by atoms with van der Waals surface area (Å²) in [5, 5.41) is 0. The van der Waals surface area contributed by atoms with Crippen LogP contribution in [0.15, 0.2) is 0 Å². The average Bonchev–Trinajstić information content (AvgIpc) is 2.37. The summed E-state index contributed by atoms with van der Waals surface area (Å²) in [4.78, 5) is 4.03. The third-order valence-electron chi connectivity index (χ3n) is 1.02. The fraction of sp³-hybridized carbons (Fsp3) is 0.667. The van der Waals surface area contributed by atoms with Crippen LogP contribution in [0.4, 0.5) is 0 Å². The zero-order valence-electron chi connectivity index (χ0n) is 6.21. The molecule has 2 nitrogen and oxygen atoms in total. The lowest BCUT2D eigenvalue weighted by atomic mass is 10.6. The molecule has 0 aliphatic rings. The molecular weight excluding hydrogens is 200 g/mol. The Balaban J connectivity index is 2.27. The number of hydrogen-bond acceptors (Lipinski definition) is 4. The van der Waals surface area contributed by atoms with Crippen LogP contribution in [0.25, 0.3) is 0 Å². The molecule has 0 saturated heterocycles. The summed E-state index contributed by atoms with van der Waals surface area (Å²) >= 11 is 8.70. The molecule has 0 atom stereocenters. The summed E-state index contributed by atoms with van der Waals surface area (Å²) in [5.41, 5.74) is 0. The van der Waals surface area contributed by atoms with Crippen LogP contribution in [0.1, 0.15) is 19.2 Å². The van der Waals surface area contributed by atoms with Gasteiger partial charge in [-0.3, -0.25) is 0 Å². The van der Waals surface area contributed by atoms with Crippen LogP contribution in [0.3, 0.4) is 0 Å². The van der Waals surface area contributed by atoms with Crippen molar-refractivity contribution in [3.63, 3.8) is 0 Å². The SMILES string of the molecule is CCCSCc1nsc(Cl)n1. The number of hydrogen-bond donors (Lipinski definition) is 0. The monoisotopic (exact) mass is 208 g/mol. The van der Waals surface area contributed by atoms with E-state index in [1.807, 2.05) is 11.8 Å². The summed E-state index contributed by atoms with van der Waals surface area (Å²) < 4.78 is 4.60. The molecule has 0 aromatic carbocycles. The van der Waals surface area contributed by atoms with Crippen LogP contribution >= 0.6 is 34.9 Å². The van der Waals surface area contributed by atoms with Crippen molar-refractivity contribution in [2.24, 2.45) is 0 Å². The molecule has 0 fully saturated rings. The lowest BCUT2D eigenvalue weighted by Crippen LogP contribution is -1.83. The lowest BCUT2D eigenvalue weighted by Gasteiger charge is -1.92. The maximum Gasteiger partial charge on any atom is 0.203 e. The van der Waals surface area contributed by atoms with Crippen LogP contribution in [0.2, 0.25) is 4.47 Å². The van der Waals surface area contributed by atoms with Gasteiger partial charge in [-0.2, -0.15) is 16.1 Å². The minimum Gasteiger partial charge on any atom is -0.207 e. The Hall–Kier alpha value is 0.200. The fourth-order valence-corrected chi connectivity index (χ4v) is 2.06. The molecule has 0 bridgehead atoms. The van der Waals surface area contributed by atoms with Gasteiger partial charge in [0.05, 0.1) is 5.75 Å². The van der Waals surface area contributed by atoms with Gasteiger partial charge in [0, 0.05) is 0 Å². The number of rotatable bonds is 4. The zero-order valence-corrected chi connectivity index (χ0v) is 8.60. The lowest BCUT2D eigenvalue weighted by molar-refractivity contribution is 1.09. The van der Waals surface area contributed by atoms with Gasteiger partial charge >= 0.3 is 0 Å². The first kappa shape index (κ1) is 9.29. The Morgan fingerprint density at radius 2 is 2.45 bits per heavy atom. The standard InChI is InChI=1S/C6H9ClN2S2/c1-2-3-10-4-5-8-6(7)11-9-5/h2-4H2,1H3. The predicted molar refractivity (Wildman–Crippen MR) is 51.4 cm³/mol. The summed E-state index contributed by atoms with van der Waals surface area (Å²) in [5.74, 6) is 2.91. The van der Waals surface area contributed by atoms with Crippen molar-refractivity contribution in [2.75, 3.05) is 5.75 Å². The van der Waals surface area contributed by atoms with Crippen LogP contribution in [0, 0.1) is 0 Å². The number of halogens is 1. The minimum absolute atomic E-state index is 0.539. The molecule has 62 valence electrons. The van der Waals surface area contributed by atoms with E-state index in [0.29, 0.717) is 4.47 Å². The van der Waals surface area contributed by atoms with Crippen molar-refractivity contribution >= 4 is 34.9 Å². The molecule has 1 aromatic heterocycles. The van der Waals surface area contributed by atoms with Gasteiger partial charge in [0.15, 0.2) is 5.82 Å². The second kappa shape index (κ2) is 4.95. The Kier molecular flexibility index (Phi) is 4.18. The molecule has 1 heterocycles. The second-order valence-electron chi connectivity index (χ2n) is 2.02. The van der Waals surface area contributed by atoms with Crippen LogP contribution in [-0.2, 0) is 5.75 Å². The largest absolute Gasteiger partial charge is 0.207 e. The maximum atomic E-state index is 5.61. The molecule has 11 heavy (non-hydrogen) atoms. The molecule has 1 rings (SSSR count). The number of aromatic nitrogens is 2. The molecule has 0 unspecified atom stereocenters. The van der Waals surface area contributed by atoms with Crippen LogP contribution < -0.4 is 0 Å². The van der Waals surface area contributed by atoms with E-state index < -0.39 is 0 Å². The van der Waals surface area contributed by atoms with Gasteiger partial charge < -0.3 is 0 Å². The van der Waals surface area contributed by atoms with Crippen molar-refractivity contribution in [3.05, 3.63) is 10.3 Å². The molecule has 0 spiro atoms. The van der Waals surface area contributed by atoms with Crippen LogP contribution in [-0.4, -0.2) is 15.1 Å². The highest BCUT2D eigenvalue weighted by molar-refractivity contribution is 7.98. The summed E-state index contributed by atoms with van der Waals surface area (Å²) in [6, 6.07) is 0. The second-order valence-corrected chi connectivity index (χ2v) is 4.46. The summed E-state index contributed by atoms with van der Waals surface area (Å²) in [7, 11) is 0. The Labute approximate surface area is 79.5 Å². The normalized spacial score (nSPS) is 10.4. The Morgan fingerprint density at radius 1 is 1.64 bits per heavy atom. The van der Waals surface area contributed by atoms with Crippen molar-refractivity contribution in [1.29, 1.82) is 0 Å². The van der Waals surface area contributed by atoms with Gasteiger partial charge in [-0.05, 0) is 35.3 Å². The Morgan fingerprint density at radius 3 is 3.00 bits per heavy atom. The van der Waals surface area contributed by atoms with Gasteiger partial charge in [0.2, 0.25) is 4.47 Å². The van der Waals surface area contributed by atoms with Gasteiger partial charge in [0.1, 0.15) is 0 Å². The topological polar surface area (TPSA) is 25.8 Å². The molecule has 0 aliphatic heterocycles. The molecule has 0 aliphatic carbocycles. The maximum absolute atomic E-state index is 5.61. The van der Waals surface area contributed by atoms with Crippen molar-refractivity contribution < 1.29 is 0 Å². The van der Waals surface area contributed by atoms with E-state index in [-0.39, 0.29) is 0 Å². The number of thioether (sulfide) groups is 1. The summed E-state index contributed by atoms with van der Waals surface area (Å²) in [6.07, 6.45) is 1.20. The highest BCUT2D eigenvalue weighted by atomic mass is 35.5. The molecule has 0 saturated carbocycles. The fourth-order valence-electron chi connectivity index (χ4n) is 0.599. The van der Waals surface area contributed by atoms with E-state index in [1.54, 1.807) is 0 Å². The average molecular weight is 209 g/mol. The first-order valence-electron chi connectivity index (χ1n) is 3.38. The van der Waals surface area contributed by atoms with E-state index in [1.165, 1.54) is 18.0 Å². The van der Waals surface area contributed by atoms with Crippen LogP contribution in [0.5, 0.6) is 0 Å². The highest BCUT2D eigenvalue weighted by Crippen LogP contribution is 2.15. The molecule has 5 heteroatoms. The van der Waals surface area contributed by atoms with Crippen molar-refractivity contribution in [2.45, 2.75) is 19.1 Å². The highest BCUT2D eigenvalue weighted by Gasteiger charge is 1.99. The van der Waals surface area contributed by atoms with E-state index in [4.69, 9.17) is 11.6 Å². The van der Waals surface area contributed by atoms with E-state index in [0.717, 1.165) is 17.3 Å². The third-order valence-corrected chi connectivity index (χ3v) is 3.02. The first-order valence-corrected chi connectivity index (χ1v) is 5.69. The molecule has 0 radical (unpaired) electrons. The first-order chi connectivity index (χ1) is 5.33. The quantitative estimate of drug-likeness (QED) is 0.712. The predicted octanol–water partition coefficient (Wildman–Crippen LogP) is 2.83. The number of nitrogens with zero attached hydrogens (tertiary/aromatic N) is 2. The third kappa shape index (κ3) is 3.40. The smallest absolute Gasteiger partial charge is 0.203 e. The van der Waals surface area contributed by atoms with E-state index >= 15 is 0 Å². The van der Waals surface area contributed by atoms with Gasteiger partial charge in [-0.25, -0.2) is 4.98 Å². The minimum atomic E-state index is 0.539. The van der Waals surface area contributed by atoms with Gasteiger partial charge in [-0.1, -0.05) is 6.92 Å². The zero-order chi connectivity index (χ0) is 8.10. The van der Waals surface area contributed by atoms with Gasteiger partial charge in [0.25, 0.3) is 0 Å². The molecular formula is C6H9ClN2S2. The summed E-state index contributed by atoms with van der Waals surface area (Å²) in [6.45, 7) is 2.16. The molecule has 1 aromatic rings. The van der Waals surface area contributed by atoms with Crippen molar-refractivity contribution in [1.82, 2.24) is 9.36 Å². The van der Waals surface area contributed by atoms with E-state index in [2.05, 4.69) is 16.3 Å². The molecule has 0 N–H and O–H groups in total. The Bertz CT molecular complexity index is 214. The van der Waals surface area contributed by atoms with Gasteiger partial charge in [-0.15, -0.1) is 0 Å². The van der Waals surface area contributed by atoms with Crippen molar-refractivity contribution in [3.8, 4) is 0 Å². The van der Waals surface area contributed by atoms with E-state index in [9.17, 15) is 0 Å².